The maximum absolute atomic E-state index is 13.1. The van der Waals surface area contributed by atoms with Crippen LogP contribution < -0.4 is 0 Å². The van der Waals surface area contributed by atoms with Crippen molar-refractivity contribution >= 4 is 18.1 Å². The van der Waals surface area contributed by atoms with Crippen molar-refractivity contribution in [1.29, 1.82) is 0 Å². The van der Waals surface area contributed by atoms with Gasteiger partial charge in [-0.25, -0.2) is 4.79 Å². The lowest BCUT2D eigenvalue weighted by Gasteiger charge is -2.31. The molecule has 0 aromatic carbocycles. The van der Waals surface area contributed by atoms with Gasteiger partial charge in [0.25, 0.3) is 0 Å². The van der Waals surface area contributed by atoms with Crippen molar-refractivity contribution in [1.82, 2.24) is 4.90 Å². The molecule has 0 spiro atoms. The molecule has 0 saturated carbocycles. The number of hydrogen-bond acceptors (Lipinski definition) is 9. The Morgan fingerprint density at radius 1 is 0.656 bits per heavy atom. The molecule has 1 rings (SSSR count). The normalized spacial score (nSPS) is 15.8. The van der Waals surface area contributed by atoms with Crippen LogP contribution in [0.25, 0.3) is 0 Å². The Morgan fingerprint density at radius 2 is 1.21 bits per heavy atom. The van der Waals surface area contributed by atoms with Crippen LogP contribution in [0.1, 0.15) is 207 Å². The fraction of sp³-hybridized carbons (Fsp3) is 0.863. The van der Waals surface area contributed by atoms with E-state index < -0.39 is 36.2 Å². The van der Waals surface area contributed by atoms with E-state index in [2.05, 4.69) is 56.9 Å². The largest absolute Gasteiger partial charge is 0.508 e. The summed E-state index contributed by atoms with van der Waals surface area (Å²) in [5, 5.41) is 10.2. The number of hydrogen-bond donors (Lipinski definition) is 1. The van der Waals surface area contributed by atoms with E-state index in [9.17, 15) is 19.5 Å². The van der Waals surface area contributed by atoms with Gasteiger partial charge in [-0.3, -0.25) is 9.59 Å². The van der Waals surface area contributed by atoms with Gasteiger partial charge in [0.1, 0.15) is 6.61 Å². The molecule has 1 fully saturated rings. The molecule has 0 aromatic heterocycles. The van der Waals surface area contributed by atoms with Gasteiger partial charge in [-0.05, 0) is 83.7 Å². The molecule has 10 nitrogen and oxygen atoms in total. The third-order valence-electron chi connectivity index (χ3n) is 11.8. The minimum absolute atomic E-state index is 0.0356. The first-order chi connectivity index (χ1) is 29.8. The molecule has 10 heteroatoms. The Hall–Kier alpha value is -2.43. The number of piperidine rings is 1. The molecule has 356 valence electrons. The molecule has 3 unspecified atom stereocenters. The first kappa shape index (κ1) is 56.6. The van der Waals surface area contributed by atoms with Gasteiger partial charge in [-0.2, -0.15) is 0 Å². The third-order valence-corrected chi connectivity index (χ3v) is 11.8. The van der Waals surface area contributed by atoms with Gasteiger partial charge in [0, 0.05) is 38.0 Å². The van der Waals surface area contributed by atoms with E-state index in [1.807, 2.05) is 0 Å². The van der Waals surface area contributed by atoms with Crippen LogP contribution in [-0.2, 0) is 33.3 Å². The number of unbranched alkanes of at least 4 members (excludes halogenated alkanes) is 17. The summed E-state index contributed by atoms with van der Waals surface area (Å²) in [7, 11) is 0. The average molecular weight is 864 g/mol. The highest BCUT2D eigenvalue weighted by molar-refractivity contribution is 5.70. The van der Waals surface area contributed by atoms with Crippen molar-refractivity contribution in [2.45, 2.75) is 214 Å². The van der Waals surface area contributed by atoms with Crippen molar-refractivity contribution in [2.75, 3.05) is 52.7 Å². The molecule has 0 aliphatic carbocycles. The molecule has 0 amide bonds. The Labute approximate surface area is 373 Å². The molecule has 0 bridgehead atoms. The highest BCUT2D eigenvalue weighted by Crippen LogP contribution is 2.23. The molecule has 61 heavy (non-hydrogen) atoms. The second-order valence-electron chi connectivity index (χ2n) is 17.5. The predicted molar refractivity (Wildman–Crippen MR) is 249 cm³/mol. The molecule has 1 saturated heterocycles. The molecular formula is C51H93NO9. The fourth-order valence-electron chi connectivity index (χ4n) is 7.87. The first-order valence-corrected chi connectivity index (χ1v) is 25.3. The summed E-state index contributed by atoms with van der Waals surface area (Å²) in [5.74, 6) is -2.12. The number of likely N-dealkylation sites (tertiary alicyclic amines) is 1. The van der Waals surface area contributed by atoms with Gasteiger partial charge in [-0.1, -0.05) is 148 Å². The highest BCUT2D eigenvalue weighted by Gasteiger charge is 2.26. The Morgan fingerprint density at radius 3 is 1.84 bits per heavy atom. The lowest BCUT2D eigenvalue weighted by Crippen LogP contribution is -2.37. The summed E-state index contributed by atoms with van der Waals surface area (Å²) in [6.45, 7) is 13.1. The monoisotopic (exact) mass is 864 g/mol. The topological polar surface area (TPSA) is 121 Å². The number of nitrogens with zero attached hydrogens (tertiary/aromatic N) is 1. The van der Waals surface area contributed by atoms with E-state index in [4.69, 9.17) is 23.7 Å². The Bertz CT molecular complexity index is 1080. The third kappa shape index (κ3) is 34.7. The van der Waals surface area contributed by atoms with Crippen molar-refractivity contribution in [2.24, 2.45) is 17.8 Å². The van der Waals surface area contributed by atoms with Crippen LogP contribution in [0.4, 0.5) is 4.79 Å². The maximum atomic E-state index is 13.1. The van der Waals surface area contributed by atoms with Gasteiger partial charge < -0.3 is 33.7 Å². The van der Waals surface area contributed by atoms with Gasteiger partial charge in [0.15, 0.2) is 6.29 Å². The number of carbonyl (C=O) groups is 3. The van der Waals surface area contributed by atoms with Gasteiger partial charge in [-0.15, -0.1) is 0 Å². The van der Waals surface area contributed by atoms with Crippen LogP contribution in [0.3, 0.4) is 0 Å². The second-order valence-corrected chi connectivity index (χ2v) is 17.5. The molecule has 3 atom stereocenters. The van der Waals surface area contributed by atoms with Crippen molar-refractivity contribution in [3.8, 4) is 0 Å². The molecule has 0 radical (unpaired) electrons. The highest BCUT2D eigenvalue weighted by atomic mass is 16.7. The molecule has 1 heterocycles. The molecule has 1 N–H and O–H groups in total. The summed E-state index contributed by atoms with van der Waals surface area (Å²) in [4.78, 5) is 40.6. The van der Waals surface area contributed by atoms with Crippen molar-refractivity contribution in [3.63, 3.8) is 0 Å². The number of ether oxygens (including phenoxy) is 5. The number of carboxylic acid groups (broad SMARTS) is 1. The van der Waals surface area contributed by atoms with E-state index in [-0.39, 0.29) is 32.0 Å². The molecular weight excluding hydrogens is 771 g/mol. The summed E-state index contributed by atoms with van der Waals surface area (Å²) in [6.07, 6.45) is 36.0. The zero-order valence-corrected chi connectivity index (χ0v) is 39.7. The van der Waals surface area contributed by atoms with Crippen LogP contribution in [0.2, 0.25) is 0 Å². The van der Waals surface area contributed by atoms with Crippen molar-refractivity contribution < 1.29 is 43.2 Å². The minimum atomic E-state index is -0.879. The smallest absolute Gasteiger partial charge is 0.481 e. The Kier molecular flexibility index (Phi) is 38.6. The van der Waals surface area contributed by atoms with E-state index in [0.29, 0.717) is 32.7 Å². The lowest BCUT2D eigenvalue weighted by molar-refractivity contribution is -0.160. The lowest BCUT2D eigenvalue weighted by atomic mass is 9.90. The number of aliphatic carboxylic acids is 1. The first-order valence-electron chi connectivity index (χ1n) is 25.3. The maximum Gasteiger partial charge on any atom is 0.508 e. The number of allylic oxidation sites excluding steroid dienone is 4. The van der Waals surface area contributed by atoms with E-state index >= 15 is 0 Å². The molecule has 1 aliphatic heterocycles. The second kappa shape index (κ2) is 41.6. The number of carboxylic acids is 1. The SMILES string of the molecule is CCCCC/C=C\C/C=C\CCCCCCC(CC(COC(=O)CCC(OCCCCCCCC)OCCCCCCCC)COC(=O)OCC1CCCN(CC)C1)C(=O)O. The summed E-state index contributed by atoms with van der Waals surface area (Å²) in [6, 6.07) is 0. The standard InChI is InChI=1S/C51H93NO9/c1-5-9-12-15-18-19-20-21-22-23-24-25-26-29-34-47(50(54)55)40-46(44-61-51(56)60-42-45-33-32-37-52(8-4)41-45)43-59-48(53)35-36-49(57-38-30-27-16-13-10-6-2)58-39-31-28-17-14-11-7-3/h18-19,21-22,45-47,49H,5-17,20,23-44H2,1-4H3,(H,54,55)/b19-18-,22-21-. The quantitative estimate of drug-likeness (QED) is 0.0275. The summed E-state index contributed by atoms with van der Waals surface area (Å²) >= 11 is 0. The predicted octanol–water partition coefficient (Wildman–Crippen LogP) is 13.4. The van der Waals surface area contributed by atoms with Crippen LogP contribution in [0.5, 0.6) is 0 Å². The fourth-order valence-corrected chi connectivity index (χ4v) is 7.87. The van der Waals surface area contributed by atoms with Crippen LogP contribution in [-0.4, -0.2) is 87.1 Å². The zero-order chi connectivity index (χ0) is 44.4. The average Bonchev–Trinajstić information content (AvgIpc) is 3.26. The minimum Gasteiger partial charge on any atom is -0.481 e. The van der Waals surface area contributed by atoms with E-state index in [1.54, 1.807) is 0 Å². The van der Waals surface area contributed by atoms with Gasteiger partial charge in [0.05, 0.1) is 25.6 Å². The summed E-state index contributed by atoms with van der Waals surface area (Å²) in [5.41, 5.74) is 0. The van der Waals surface area contributed by atoms with Crippen LogP contribution in [0, 0.1) is 17.8 Å². The van der Waals surface area contributed by atoms with E-state index in [1.165, 1.54) is 70.6 Å². The van der Waals surface area contributed by atoms with E-state index in [0.717, 1.165) is 103 Å². The zero-order valence-electron chi connectivity index (χ0n) is 39.7. The van der Waals surface area contributed by atoms with Gasteiger partial charge >= 0.3 is 18.1 Å². The van der Waals surface area contributed by atoms with Crippen molar-refractivity contribution in [3.05, 3.63) is 24.3 Å². The number of rotatable bonds is 42. The molecule has 0 aromatic rings. The van der Waals surface area contributed by atoms with Crippen LogP contribution in [0.15, 0.2) is 24.3 Å². The van der Waals surface area contributed by atoms with Gasteiger partial charge in [0.2, 0.25) is 0 Å². The molecule has 1 aliphatic rings. The van der Waals surface area contributed by atoms with Crippen LogP contribution >= 0.6 is 0 Å². The number of esters is 1. The summed E-state index contributed by atoms with van der Waals surface area (Å²) < 4.78 is 29.0. The number of carbonyl (C=O) groups excluding carboxylic acids is 2. The Balaban J connectivity index is 2.70.